The summed E-state index contributed by atoms with van der Waals surface area (Å²) >= 11 is 0. The number of hydrogen-bond donors (Lipinski definition) is 2. The first-order chi connectivity index (χ1) is 11.9. The smallest absolute Gasteiger partial charge is 0.273 e. The second kappa shape index (κ2) is 7.88. The van der Waals surface area contributed by atoms with Crippen molar-refractivity contribution in [2.24, 2.45) is 0 Å². The Morgan fingerprint density at radius 2 is 2.08 bits per heavy atom. The van der Waals surface area contributed by atoms with E-state index in [1.54, 1.807) is 19.1 Å². The molecule has 0 spiro atoms. The summed E-state index contributed by atoms with van der Waals surface area (Å²) in [5.41, 5.74) is 0.772. The third-order valence-corrected chi connectivity index (χ3v) is 3.52. The lowest BCUT2D eigenvalue weighted by Gasteiger charge is -2.10. The molecule has 0 aliphatic rings. The van der Waals surface area contributed by atoms with Crippen LogP contribution in [0.25, 0.3) is 0 Å². The number of nitro benzene ring substituents is 1. The molecule has 2 aromatic rings. The van der Waals surface area contributed by atoms with Gasteiger partial charge in [0.2, 0.25) is 0 Å². The first-order valence-electron chi connectivity index (χ1n) is 7.39. The minimum atomic E-state index is -0.622. The van der Waals surface area contributed by atoms with E-state index in [4.69, 9.17) is 5.26 Å². The molecule has 0 heterocycles. The Kier molecular flexibility index (Phi) is 5.63. The van der Waals surface area contributed by atoms with Crippen LogP contribution in [0.3, 0.4) is 0 Å². The number of nitrogens with zero attached hydrogens (tertiary/aromatic N) is 2. The predicted octanol–water partition coefficient (Wildman–Crippen LogP) is 2.76. The van der Waals surface area contributed by atoms with E-state index in [1.165, 1.54) is 30.3 Å². The first-order valence-corrected chi connectivity index (χ1v) is 7.39. The highest BCUT2D eigenvalue weighted by Gasteiger charge is 2.14. The number of nitrogens with one attached hydrogen (secondary N) is 2. The Labute approximate surface area is 143 Å². The van der Waals surface area contributed by atoms with E-state index in [9.17, 15) is 19.3 Å². The van der Waals surface area contributed by atoms with Gasteiger partial charge < -0.3 is 10.6 Å². The maximum atomic E-state index is 13.5. The molecule has 8 heteroatoms. The molecule has 2 aromatic carbocycles. The van der Waals surface area contributed by atoms with Gasteiger partial charge in [0.1, 0.15) is 17.4 Å². The fourth-order valence-corrected chi connectivity index (χ4v) is 2.21. The molecular formula is C17H15FN4O3. The Morgan fingerprint density at radius 3 is 2.76 bits per heavy atom. The van der Waals surface area contributed by atoms with Crippen LogP contribution in [0.1, 0.15) is 21.5 Å². The van der Waals surface area contributed by atoms with Gasteiger partial charge in [0, 0.05) is 30.3 Å². The van der Waals surface area contributed by atoms with Crippen LogP contribution in [0.4, 0.5) is 15.8 Å². The highest BCUT2D eigenvalue weighted by molar-refractivity contribution is 5.95. The van der Waals surface area contributed by atoms with Gasteiger partial charge in [0.15, 0.2) is 0 Å². The molecule has 0 aliphatic carbocycles. The summed E-state index contributed by atoms with van der Waals surface area (Å²) in [4.78, 5) is 22.4. The molecule has 0 unspecified atom stereocenters. The molecule has 2 rings (SSSR count). The van der Waals surface area contributed by atoms with E-state index >= 15 is 0 Å². The second-order valence-corrected chi connectivity index (χ2v) is 5.22. The molecule has 0 aromatic heterocycles. The van der Waals surface area contributed by atoms with E-state index in [0.29, 0.717) is 11.3 Å². The van der Waals surface area contributed by atoms with Gasteiger partial charge in [-0.05, 0) is 25.1 Å². The molecule has 0 saturated carbocycles. The number of amides is 1. The molecule has 128 valence electrons. The van der Waals surface area contributed by atoms with E-state index in [2.05, 4.69) is 10.6 Å². The number of carbonyl (C=O) groups is 1. The molecule has 0 bridgehead atoms. The number of aryl methyl sites for hydroxylation is 1. The number of nitriles is 1. The van der Waals surface area contributed by atoms with Crippen molar-refractivity contribution in [2.75, 3.05) is 18.4 Å². The normalized spacial score (nSPS) is 9.96. The molecule has 0 saturated heterocycles. The van der Waals surface area contributed by atoms with Crippen molar-refractivity contribution in [2.45, 2.75) is 6.92 Å². The van der Waals surface area contributed by atoms with E-state index in [1.807, 2.05) is 0 Å². The molecule has 7 nitrogen and oxygen atoms in total. The monoisotopic (exact) mass is 342 g/mol. The van der Waals surface area contributed by atoms with Gasteiger partial charge in [0.05, 0.1) is 10.6 Å². The largest absolute Gasteiger partial charge is 0.382 e. The summed E-state index contributed by atoms with van der Waals surface area (Å²) in [6.07, 6.45) is 0. The predicted molar refractivity (Wildman–Crippen MR) is 89.8 cm³/mol. The minimum absolute atomic E-state index is 0.0945. The Bertz CT molecular complexity index is 861. The van der Waals surface area contributed by atoms with Crippen molar-refractivity contribution in [3.63, 3.8) is 0 Å². The van der Waals surface area contributed by atoms with Crippen LogP contribution in [0, 0.1) is 34.2 Å². The van der Waals surface area contributed by atoms with Crippen LogP contribution in [-0.4, -0.2) is 23.9 Å². The van der Waals surface area contributed by atoms with Crippen molar-refractivity contribution in [3.05, 3.63) is 69.0 Å². The van der Waals surface area contributed by atoms with E-state index in [0.717, 1.165) is 0 Å². The number of nitro groups is 1. The topological polar surface area (TPSA) is 108 Å². The van der Waals surface area contributed by atoms with Crippen molar-refractivity contribution < 1.29 is 14.1 Å². The average Bonchev–Trinajstić information content (AvgIpc) is 2.58. The third-order valence-electron chi connectivity index (χ3n) is 3.52. The standard InChI is InChI=1S/C17H15FN4O3/c1-11-5-6-12(9-16(11)22(24)25)17(23)21-8-7-20-15-4-2-3-14(18)13(15)10-19/h2-6,9,20H,7-8H2,1H3,(H,21,23). The van der Waals surface area contributed by atoms with Crippen molar-refractivity contribution in [1.29, 1.82) is 5.26 Å². The molecule has 25 heavy (non-hydrogen) atoms. The molecule has 0 aliphatic heterocycles. The fraction of sp³-hybridized carbons (Fsp3) is 0.176. The van der Waals surface area contributed by atoms with Crippen molar-refractivity contribution in [1.82, 2.24) is 5.32 Å². The molecule has 0 fully saturated rings. The zero-order valence-corrected chi connectivity index (χ0v) is 13.4. The van der Waals surface area contributed by atoms with E-state index < -0.39 is 16.6 Å². The van der Waals surface area contributed by atoms with Gasteiger partial charge >= 0.3 is 0 Å². The van der Waals surface area contributed by atoms with Crippen LogP contribution in [0.15, 0.2) is 36.4 Å². The van der Waals surface area contributed by atoms with Gasteiger partial charge in [-0.25, -0.2) is 4.39 Å². The van der Waals surface area contributed by atoms with Gasteiger partial charge in [-0.2, -0.15) is 5.26 Å². The van der Waals surface area contributed by atoms with Gasteiger partial charge in [-0.1, -0.05) is 12.1 Å². The van der Waals surface area contributed by atoms with Crippen LogP contribution >= 0.6 is 0 Å². The van der Waals surface area contributed by atoms with Crippen LogP contribution in [-0.2, 0) is 0 Å². The summed E-state index contributed by atoms with van der Waals surface area (Å²) < 4.78 is 13.5. The molecule has 2 N–H and O–H groups in total. The minimum Gasteiger partial charge on any atom is -0.382 e. The summed E-state index contributed by atoms with van der Waals surface area (Å²) in [5, 5.41) is 25.3. The molecule has 0 radical (unpaired) electrons. The highest BCUT2D eigenvalue weighted by Crippen LogP contribution is 2.19. The Balaban J connectivity index is 1.94. The third kappa shape index (κ3) is 4.29. The molecule has 1 amide bonds. The maximum Gasteiger partial charge on any atom is 0.273 e. The van der Waals surface area contributed by atoms with Crippen molar-refractivity contribution >= 4 is 17.3 Å². The van der Waals surface area contributed by atoms with Crippen LogP contribution in [0.2, 0.25) is 0 Å². The molecular weight excluding hydrogens is 327 g/mol. The Hall–Kier alpha value is -3.47. The zero-order chi connectivity index (χ0) is 18.4. The molecule has 0 atom stereocenters. The Morgan fingerprint density at radius 1 is 1.32 bits per heavy atom. The number of anilines is 1. The number of benzene rings is 2. The zero-order valence-electron chi connectivity index (χ0n) is 13.4. The number of halogens is 1. The quantitative estimate of drug-likeness (QED) is 0.477. The summed E-state index contributed by atoms with van der Waals surface area (Å²) in [6.45, 7) is 2.05. The lowest BCUT2D eigenvalue weighted by Crippen LogP contribution is -2.29. The lowest BCUT2D eigenvalue weighted by molar-refractivity contribution is -0.385. The van der Waals surface area contributed by atoms with Crippen molar-refractivity contribution in [3.8, 4) is 6.07 Å². The highest BCUT2D eigenvalue weighted by atomic mass is 19.1. The SMILES string of the molecule is Cc1ccc(C(=O)NCCNc2cccc(F)c2C#N)cc1[N+](=O)[O-]. The van der Waals surface area contributed by atoms with E-state index in [-0.39, 0.29) is 29.9 Å². The summed E-state index contributed by atoms with van der Waals surface area (Å²) in [5.74, 6) is -1.08. The first kappa shape index (κ1) is 17.9. The number of carbonyl (C=O) groups excluding carboxylic acids is 1. The maximum absolute atomic E-state index is 13.5. The summed E-state index contributed by atoms with van der Waals surface area (Å²) in [7, 11) is 0. The van der Waals surface area contributed by atoms with Gasteiger partial charge in [0.25, 0.3) is 11.6 Å². The van der Waals surface area contributed by atoms with Crippen LogP contribution < -0.4 is 10.6 Å². The second-order valence-electron chi connectivity index (χ2n) is 5.22. The summed E-state index contributed by atoms with van der Waals surface area (Å²) in [6, 6.07) is 10.2. The van der Waals surface area contributed by atoms with Gasteiger partial charge in [-0.15, -0.1) is 0 Å². The number of hydrogen-bond acceptors (Lipinski definition) is 5. The fourth-order valence-electron chi connectivity index (χ4n) is 2.21. The van der Waals surface area contributed by atoms with Crippen LogP contribution in [0.5, 0.6) is 0 Å². The lowest BCUT2D eigenvalue weighted by atomic mass is 10.1. The average molecular weight is 342 g/mol. The van der Waals surface area contributed by atoms with Gasteiger partial charge in [-0.3, -0.25) is 14.9 Å². The number of rotatable bonds is 6.